The van der Waals surface area contributed by atoms with Crippen LogP contribution < -0.4 is 15.8 Å². The molecule has 0 saturated heterocycles. The van der Waals surface area contributed by atoms with Gasteiger partial charge in [0.25, 0.3) is 0 Å². The predicted molar refractivity (Wildman–Crippen MR) is 78.3 cm³/mol. The Morgan fingerprint density at radius 3 is 2.80 bits per heavy atom. The van der Waals surface area contributed by atoms with Gasteiger partial charge in [-0.05, 0) is 36.8 Å². The van der Waals surface area contributed by atoms with Crippen molar-refractivity contribution >= 4 is 23.2 Å². The third-order valence-corrected chi connectivity index (χ3v) is 3.50. The fourth-order valence-electron chi connectivity index (χ4n) is 2.18. The normalized spacial score (nSPS) is 16.8. The van der Waals surface area contributed by atoms with E-state index in [1.54, 1.807) is 24.3 Å². The van der Waals surface area contributed by atoms with Crippen molar-refractivity contribution < 1.29 is 9.53 Å². The number of nitrogens with two attached hydrogens (primary N) is 1. The van der Waals surface area contributed by atoms with Crippen LogP contribution in [-0.4, -0.2) is 5.91 Å². The second-order valence-corrected chi connectivity index (χ2v) is 5.16. The zero-order valence-electron chi connectivity index (χ0n) is 10.8. The summed E-state index contributed by atoms with van der Waals surface area (Å²) in [6, 6.07) is 10.2. The Morgan fingerprint density at radius 1 is 1.25 bits per heavy atom. The van der Waals surface area contributed by atoms with E-state index < -0.39 is 6.04 Å². The molecule has 0 aliphatic carbocycles. The van der Waals surface area contributed by atoms with Crippen molar-refractivity contribution in [3.63, 3.8) is 0 Å². The van der Waals surface area contributed by atoms with Gasteiger partial charge in [0.05, 0.1) is 0 Å². The fourth-order valence-corrected chi connectivity index (χ4v) is 2.41. The Labute approximate surface area is 121 Å². The predicted octanol–water partition coefficient (Wildman–Crippen LogP) is 3.39. The summed E-state index contributed by atoms with van der Waals surface area (Å²) in [7, 11) is 0. The molecule has 4 nitrogen and oxygen atoms in total. The minimum atomic E-state index is -0.601. The number of nitrogens with one attached hydrogen (secondary N) is 1. The molecule has 1 aliphatic heterocycles. The van der Waals surface area contributed by atoms with Gasteiger partial charge in [-0.15, -0.1) is 0 Å². The first-order valence-electron chi connectivity index (χ1n) is 6.19. The summed E-state index contributed by atoms with van der Waals surface area (Å²) in [6.45, 7) is 1.92. The van der Waals surface area contributed by atoms with Crippen molar-refractivity contribution in [3.05, 3.63) is 52.5 Å². The molecule has 0 fully saturated rings. The summed E-state index contributed by atoms with van der Waals surface area (Å²) in [5.74, 6) is 1.17. The zero-order chi connectivity index (χ0) is 14.3. The summed E-state index contributed by atoms with van der Waals surface area (Å²) in [5, 5.41) is 3.40. The van der Waals surface area contributed by atoms with Crippen molar-refractivity contribution in [2.24, 2.45) is 5.73 Å². The molecule has 20 heavy (non-hydrogen) atoms. The largest absolute Gasteiger partial charge is 0.457 e. The second-order valence-electron chi connectivity index (χ2n) is 4.73. The molecule has 0 saturated carbocycles. The molecule has 0 bridgehead atoms. The molecule has 3 rings (SSSR count). The summed E-state index contributed by atoms with van der Waals surface area (Å²) in [5.41, 5.74) is 8.20. The van der Waals surface area contributed by atoms with E-state index in [1.165, 1.54) is 0 Å². The lowest BCUT2D eigenvalue weighted by Crippen LogP contribution is -2.19. The number of anilines is 1. The first-order valence-corrected chi connectivity index (χ1v) is 6.57. The minimum Gasteiger partial charge on any atom is -0.457 e. The van der Waals surface area contributed by atoms with Crippen LogP contribution in [0.5, 0.6) is 11.5 Å². The van der Waals surface area contributed by atoms with Crippen molar-refractivity contribution in [2.45, 2.75) is 13.0 Å². The Morgan fingerprint density at radius 2 is 2.05 bits per heavy atom. The molecule has 0 aromatic heterocycles. The molecule has 2 aromatic rings. The number of aryl methyl sites for hydroxylation is 1. The van der Waals surface area contributed by atoms with Crippen LogP contribution in [0.25, 0.3) is 0 Å². The van der Waals surface area contributed by atoms with Crippen LogP contribution in [0.3, 0.4) is 0 Å². The molecular formula is C15H13ClN2O2. The maximum Gasteiger partial charge on any atom is 0.245 e. The monoisotopic (exact) mass is 288 g/mol. The summed E-state index contributed by atoms with van der Waals surface area (Å²) in [4.78, 5) is 11.5. The number of benzene rings is 2. The first kappa shape index (κ1) is 13.0. The van der Waals surface area contributed by atoms with E-state index in [1.807, 2.05) is 19.1 Å². The summed E-state index contributed by atoms with van der Waals surface area (Å²) in [6.07, 6.45) is 0. The van der Waals surface area contributed by atoms with Gasteiger partial charge in [0.15, 0.2) is 0 Å². The highest BCUT2D eigenvalue weighted by molar-refractivity contribution is 6.30. The number of rotatable bonds is 2. The number of fused-ring (bicyclic) bond motifs is 1. The number of halogens is 1. The lowest BCUT2D eigenvalue weighted by atomic mass is 10.1. The third kappa shape index (κ3) is 2.24. The van der Waals surface area contributed by atoms with E-state index in [2.05, 4.69) is 5.32 Å². The van der Waals surface area contributed by atoms with Crippen LogP contribution in [-0.2, 0) is 4.79 Å². The van der Waals surface area contributed by atoms with Crippen molar-refractivity contribution in [1.82, 2.24) is 0 Å². The maximum atomic E-state index is 11.5. The van der Waals surface area contributed by atoms with Crippen molar-refractivity contribution in [3.8, 4) is 11.5 Å². The van der Waals surface area contributed by atoms with Crippen LogP contribution in [0.15, 0.2) is 36.4 Å². The molecule has 1 atom stereocenters. The highest BCUT2D eigenvalue weighted by atomic mass is 35.5. The van der Waals surface area contributed by atoms with Crippen LogP contribution in [0.4, 0.5) is 5.69 Å². The van der Waals surface area contributed by atoms with E-state index >= 15 is 0 Å². The molecule has 3 N–H and O–H groups in total. The number of hydrogen-bond donors (Lipinski definition) is 2. The summed E-state index contributed by atoms with van der Waals surface area (Å²) < 4.78 is 5.81. The van der Waals surface area contributed by atoms with Crippen LogP contribution in [0.2, 0.25) is 5.02 Å². The van der Waals surface area contributed by atoms with Gasteiger partial charge in [0.2, 0.25) is 5.91 Å². The molecule has 2 aromatic carbocycles. The van der Waals surface area contributed by atoms with Crippen LogP contribution in [0, 0.1) is 6.92 Å². The van der Waals surface area contributed by atoms with E-state index in [0.717, 1.165) is 16.9 Å². The zero-order valence-corrected chi connectivity index (χ0v) is 11.6. The number of carbonyl (C=O) groups is 1. The second kappa shape index (κ2) is 4.81. The highest BCUT2D eigenvalue weighted by Gasteiger charge is 2.27. The van der Waals surface area contributed by atoms with Crippen LogP contribution >= 0.6 is 11.6 Å². The number of hydrogen-bond acceptors (Lipinski definition) is 3. The standard InChI is InChI=1S/C15H13ClN2O2/c1-8-6-9(16)2-5-13(8)20-10-3-4-11-12(7-10)18-15(19)14(11)17/h2-7,14H,17H2,1H3,(H,18,19). The maximum absolute atomic E-state index is 11.5. The Hall–Kier alpha value is -2.04. The highest BCUT2D eigenvalue weighted by Crippen LogP contribution is 2.35. The van der Waals surface area contributed by atoms with Crippen molar-refractivity contribution in [2.75, 3.05) is 5.32 Å². The first-order chi connectivity index (χ1) is 9.54. The molecular weight excluding hydrogens is 276 g/mol. The lowest BCUT2D eigenvalue weighted by molar-refractivity contribution is -0.116. The van der Waals surface area contributed by atoms with E-state index in [0.29, 0.717) is 16.5 Å². The smallest absolute Gasteiger partial charge is 0.245 e. The van der Waals surface area contributed by atoms with Gasteiger partial charge < -0.3 is 15.8 Å². The number of ether oxygens (including phenoxy) is 1. The quantitative estimate of drug-likeness (QED) is 0.890. The SMILES string of the molecule is Cc1cc(Cl)ccc1Oc1ccc2c(c1)NC(=O)C2N. The van der Waals surface area contributed by atoms with Gasteiger partial charge in [-0.3, -0.25) is 4.79 Å². The van der Waals surface area contributed by atoms with Gasteiger partial charge in [-0.2, -0.15) is 0 Å². The van der Waals surface area contributed by atoms with Gasteiger partial charge in [0.1, 0.15) is 17.5 Å². The molecule has 102 valence electrons. The minimum absolute atomic E-state index is 0.195. The molecule has 5 heteroatoms. The summed E-state index contributed by atoms with van der Waals surface area (Å²) >= 11 is 5.91. The molecule has 1 unspecified atom stereocenters. The van der Waals surface area contributed by atoms with E-state index in [9.17, 15) is 4.79 Å². The lowest BCUT2D eigenvalue weighted by Gasteiger charge is -2.10. The molecule has 1 heterocycles. The number of amides is 1. The Kier molecular flexibility index (Phi) is 3.12. The van der Waals surface area contributed by atoms with Gasteiger partial charge in [-0.1, -0.05) is 17.7 Å². The van der Waals surface area contributed by atoms with E-state index in [-0.39, 0.29) is 5.91 Å². The third-order valence-electron chi connectivity index (χ3n) is 3.26. The van der Waals surface area contributed by atoms with Crippen LogP contribution in [0.1, 0.15) is 17.2 Å². The van der Waals surface area contributed by atoms with Crippen molar-refractivity contribution in [1.29, 1.82) is 0 Å². The molecule has 1 aliphatic rings. The molecule has 0 radical (unpaired) electrons. The Balaban J connectivity index is 1.90. The Bertz CT molecular complexity index is 700. The average Bonchev–Trinajstić information content (AvgIpc) is 2.68. The van der Waals surface area contributed by atoms with Gasteiger partial charge in [-0.25, -0.2) is 0 Å². The molecule has 1 amide bonds. The van der Waals surface area contributed by atoms with E-state index in [4.69, 9.17) is 22.1 Å². The fraction of sp³-hybridized carbons (Fsp3) is 0.133. The average molecular weight is 289 g/mol. The topological polar surface area (TPSA) is 64.3 Å². The number of carbonyl (C=O) groups excluding carboxylic acids is 1. The molecule has 0 spiro atoms. The van der Waals surface area contributed by atoms with Gasteiger partial charge in [0, 0.05) is 22.3 Å². The van der Waals surface area contributed by atoms with Gasteiger partial charge >= 0.3 is 0 Å².